The first-order valence-corrected chi connectivity index (χ1v) is 12.5. The molecule has 0 radical (unpaired) electrons. The van der Waals surface area contributed by atoms with Crippen LogP contribution in [0.2, 0.25) is 0 Å². The van der Waals surface area contributed by atoms with Crippen LogP contribution in [0, 0.1) is 0 Å². The van der Waals surface area contributed by atoms with Crippen LogP contribution < -0.4 is 9.47 Å². The Balaban J connectivity index is 1.74. The average Bonchev–Trinajstić information content (AvgIpc) is 2.87. The summed E-state index contributed by atoms with van der Waals surface area (Å²) in [4.78, 5) is 35.9. The minimum atomic E-state index is -0.542. The molecule has 0 saturated heterocycles. The highest BCUT2D eigenvalue weighted by atomic mass is 16.5. The van der Waals surface area contributed by atoms with Crippen LogP contribution in [0.1, 0.15) is 87.6 Å². The molecular formula is C29H36O6. The number of benzene rings is 2. The van der Waals surface area contributed by atoms with E-state index in [-0.39, 0.29) is 11.9 Å². The van der Waals surface area contributed by atoms with Gasteiger partial charge < -0.3 is 14.2 Å². The molecule has 188 valence electrons. The van der Waals surface area contributed by atoms with Crippen molar-refractivity contribution in [3.05, 3.63) is 65.7 Å². The Morgan fingerprint density at radius 2 is 1.31 bits per heavy atom. The monoisotopic (exact) mass is 480 g/mol. The summed E-state index contributed by atoms with van der Waals surface area (Å²) in [6.07, 6.45) is 11.8. The fourth-order valence-corrected chi connectivity index (χ4v) is 3.25. The Kier molecular flexibility index (Phi) is 12.9. The third-order valence-corrected chi connectivity index (χ3v) is 5.30. The molecule has 0 saturated carbocycles. The van der Waals surface area contributed by atoms with Crippen LogP contribution in [-0.4, -0.2) is 24.5 Å². The van der Waals surface area contributed by atoms with Gasteiger partial charge in [0.25, 0.3) is 0 Å². The Morgan fingerprint density at radius 1 is 0.714 bits per heavy atom. The van der Waals surface area contributed by atoms with Crippen LogP contribution in [0.15, 0.2) is 54.6 Å². The lowest BCUT2D eigenvalue weighted by Crippen LogP contribution is -2.07. The molecule has 6 heteroatoms. The van der Waals surface area contributed by atoms with Crippen LogP contribution >= 0.6 is 0 Å². The van der Waals surface area contributed by atoms with E-state index in [1.807, 2.05) is 6.92 Å². The molecular weight excluding hydrogens is 444 g/mol. The minimum Gasteiger partial charge on any atom is -0.462 e. The van der Waals surface area contributed by atoms with E-state index in [1.54, 1.807) is 54.6 Å². The standard InChI is InChI=1S/C29H36O6/c1-3-5-7-8-9-10-22-33-29(32)24-15-12-23(13-16-24)14-21-28(31)35-26-19-17-25(18-20-26)34-27(30)11-6-4-2/h12-21H,3-11,22H2,1-2H3. The molecule has 0 atom stereocenters. The summed E-state index contributed by atoms with van der Waals surface area (Å²) in [5, 5.41) is 0. The normalized spacial score (nSPS) is 10.8. The average molecular weight is 481 g/mol. The lowest BCUT2D eigenvalue weighted by molar-refractivity contribution is -0.134. The van der Waals surface area contributed by atoms with Gasteiger partial charge >= 0.3 is 17.9 Å². The molecule has 0 N–H and O–H groups in total. The summed E-state index contributed by atoms with van der Waals surface area (Å²) in [6, 6.07) is 13.1. The number of carbonyl (C=O) groups excluding carboxylic acids is 3. The van der Waals surface area contributed by atoms with Gasteiger partial charge in [0.1, 0.15) is 11.5 Å². The third-order valence-electron chi connectivity index (χ3n) is 5.30. The van der Waals surface area contributed by atoms with Gasteiger partial charge in [0.15, 0.2) is 0 Å². The quantitative estimate of drug-likeness (QED) is 0.119. The van der Waals surface area contributed by atoms with Crippen molar-refractivity contribution in [1.29, 1.82) is 0 Å². The summed E-state index contributed by atoms with van der Waals surface area (Å²) in [6.45, 7) is 4.63. The second-order valence-electron chi connectivity index (χ2n) is 8.33. The third kappa shape index (κ3) is 11.5. The van der Waals surface area contributed by atoms with Crippen LogP contribution in [0.5, 0.6) is 11.5 Å². The van der Waals surface area contributed by atoms with Crippen molar-refractivity contribution in [2.45, 2.75) is 71.6 Å². The summed E-state index contributed by atoms with van der Waals surface area (Å²) in [5.74, 6) is -0.409. The molecule has 0 fully saturated rings. The number of hydrogen-bond donors (Lipinski definition) is 0. The number of hydrogen-bond acceptors (Lipinski definition) is 6. The predicted molar refractivity (Wildman–Crippen MR) is 136 cm³/mol. The van der Waals surface area contributed by atoms with Crippen LogP contribution in [0.3, 0.4) is 0 Å². The number of ether oxygens (including phenoxy) is 3. The Labute approximate surface area is 208 Å². The van der Waals surface area contributed by atoms with Crippen LogP contribution in [-0.2, 0) is 14.3 Å². The maximum atomic E-state index is 12.1. The molecule has 2 aromatic rings. The first-order chi connectivity index (χ1) is 17.0. The van der Waals surface area contributed by atoms with Crippen molar-refractivity contribution < 1.29 is 28.6 Å². The van der Waals surface area contributed by atoms with E-state index < -0.39 is 5.97 Å². The molecule has 35 heavy (non-hydrogen) atoms. The number of unbranched alkanes of at least 4 members (excludes halogenated alkanes) is 6. The van der Waals surface area contributed by atoms with E-state index in [2.05, 4.69) is 6.92 Å². The fourth-order valence-electron chi connectivity index (χ4n) is 3.25. The van der Waals surface area contributed by atoms with Crippen molar-refractivity contribution in [2.75, 3.05) is 6.61 Å². The van der Waals surface area contributed by atoms with Gasteiger partial charge in [-0.2, -0.15) is 0 Å². The summed E-state index contributed by atoms with van der Waals surface area (Å²) in [7, 11) is 0. The number of rotatable bonds is 15. The SMILES string of the molecule is CCCCCCCCOC(=O)c1ccc(C=CC(=O)Oc2ccc(OC(=O)CCCC)cc2)cc1. The van der Waals surface area contributed by atoms with Crippen molar-refractivity contribution in [3.8, 4) is 11.5 Å². The summed E-state index contributed by atoms with van der Waals surface area (Å²) >= 11 is 0. The molecule has 2 aromatic carbocycles. The molecule has 0 aliphatic rings. The first-order valence-electron chi connectivity index (χ1n) is 12.5. The van der Waals surface area contributed by atoms with Crippen molar-refractivity contribution in [1.82, 2.24) is 0 Å². The molecule has 0 unspecified atom stereocenters. The van der Waals surface area contributed by atoms with E-state index in [0.717, 1.165) is 31.2 Å². The maximum Gasteiger partial charge on any atom is 0.338 e. The van der Waals surface area contributed by atoms with Gasteiger partial charge in [0.2, 0.25) is 0 Å². The molecule has 0 spiro atoms. The molecule has 6 nitrogen and oxygen atoms in total. The van der Waals surface area contributed by atoms with Gasteiger partial charge in [-0.3, -0.25) is 4.79 Å². The van der Waals surface area contributed by atoms with Gasteiger partial charge in [-0.25, -0.2) is 9.59 Å². The predicted octanol–water partition coefficient (Wildman–Crippen LogP) is 6.92. The highest BCUT2D eigenvalue weighted by Gasteiger charge is 2.08. The van der Waals surface area contributed by atoms with E-state index in [9.17, 15) is 14.4 Å². The second-order valence-corrected chi connectivity index (χ2v) is 8.33. The van der Waals surface area contributed by atoms with Crippen molar-refractivity contribution >= 4 is 24.0 Å². The summed E-state index contributed by atoms with van der Waals surface area (Å²) < 4.78 is 15.8. The first kappa shape index (κ1) is 27.8. The molecule has 0 bridgehead atoms. The molecule has 0 heterocycles. The van der Waals surface area contributed by atoms with Crippen molar-refractivity contribution in [2.24, 2.45) is 0 Å². The lowest BCUT2D eigenvalue weighted by Gasteiger charge is -2.06. The van der Waals surface area contributed by atoms with Gasteiger partial charge in [0, 0.05) is 12.5 Å². The smallest absolute Gasteiger partial charge is 0.338 e. The zero-order valence-electron chi connectivity index (χ0n) is 20.8. The molecule has 0 aliphatic carbocycles. The Hall–Kier alpha value is -3.41. The lowest BCUT2D eigenvalue weighted by atomic mass is 10.1. The summed E-state index contributed by atoms with van der Waals surface area (Å²) in [5.41, 5.74) is 1.23. The van der Waals surface area contributed by atoms with Crippen molar-refractivity contribution in [3.63, 3.8) is 0 Å². The Morgan fingerprint density at radius 3 is 1.97 bits per heavy atom. The van der Waals surface area contributed by atoms with E-state index in [4.69, 9.17) is 14.2 Å². The van der Waals surface area contributed by atoms with E-state index in [0.29, 0.717) is 30.1 Å². The molecule has 0 aliphatic heterocycles. The zero-order chi connectivity index (χ0) is 25.3. The van der Waals surface area contributed by atoms with Gasteiger partial charge in [-0.15, -0.1) is 0 Å². The molecule has 2 rings (SSSR count). The molecule has 0 amide bonds. The topological polar surface area (TPSA) is 78.9 Å². The minimum absolute atomic E-state index is 0.281. The number of carbonyl (C=O) groups is 3. The maximum absolute atomic E-state index is 12.1. The Bertz CT molecular complexity index is 944. The largest absolute Gasteiger partial charge is 0.462 e. The van der Waals surface area contributed by atoms with E-state index in [1.165, 1.54) is 31.8 Å². The van der Waals surface area contributed by atoms with E-state index >= 15 is 0 Å². The van der Waals surface area contributed by atoms with Gasteiger partial charge in [-0.1, -0.05) is 64.5 Å². The second kappa shape index (κ2) is 16.3. The van der Waals surface area contributed by atoms with Crippen LogP contribution in [0.25, 0.3) is 6.08 Å². The van der Waals surface area contributed by atoms with Crippen LogP contribution in [0.4, 0.5) is 0 Å². The zero-order valence-corrected chi connectivity index (χ0v) is 20.8. The van der Waals surface area contributed by atoms with Gasteiger partial charge in [-0.05, 0) is 60.9 Å². The fraction of sp³-hybridized carbons (Fsp3) is 0.414. The van der Waals surface area contributed by atoms with Gasteiger partial charge in [0.05, 0.1) is 12.2 Å². The number of esters is 3. The molecule has 0 aromatic heterocycles. The highest BCUT2D eigenvalue weighted by Crippen LogP contribution is 2.19. The highest BCUT2D eigenvalue weighted by molar-refractivity contribution is 5.91.